The Morgan fingerprint density at radius 2 is 2.08 bits per heavy atom. The van der Waals surface area contributed by atoms with Gasteiger partial charge in [0.2, 0.25) is 0 Å². The predicted octanol–water partition coefficient (Wildman–Crippen LogP) is 5.96. The third-order valence-corrected chi connectivity index (χ3v) is 5.97. The van der Waals surface area contributed by atoms with E-state index in [1.807, 2.05) is 0 Å². The molecule has 2 aromatic rings. The first-order valence-electron chi connectivity index (χ1n) is 8.55. The van der Waals surface area contributed by atoms with E-state index in [0.29, 0.717) is 27.8 Å². The Labute approximate surface area is 166 Å². The van der Waals surface area contributed by atoms with Gasteiger partial charge >= 0.3 is 5.97 Å². The average Bonchev–Trinajstić information content (AvgIpc) is 2.78. The molecule has 1 aliphatic rings. The molecule has 0 saturated carbocycles. The maximum atomic E-state index is 12.5. The molecule has 0 amide bonds. The second kappa shape index (κ2) is 8.42. The zero-order chi connectivity index (χ0) is 18.7. The number of aliphatic imine (C=N–C) groups is 1. The lowest BCUT2D eigenvalue weighted by atomic mass is 10.1. The summed E-state index contributed by atoms with van der Waals surface area (Å²) in [4.78, 5) is 18.2. The zero-order valence-corrected chi connectivity index (χ0v) is 16.7. The molecule has 1 aromatic heterocycles. The van der Waals surface area contributed by atoms with Crippen molar-refractivity contribution in [2.45, 2.75) is 39.0 Å². The second-order valence-electron chi connectivity index (χ2n) is 6.05. The molecular weight excluding hydrogens is 393 g/mol. The van der Waals surface area contributed by atoms with Crippen molar-refractivity contribution in [1.29, 1.82) is 0 Å². The number of aryl methyl sites for hydroxylation is 1. The smallest absolute Gasteiger partial charge is 0.341 e. The number of phenolic OH excluding ortho intramolecular Hbond substituents is 1. The van der Waals surface area contributed by atoms with Crippen LogP contribution in [0.15, 0.2) is 17.1 Å². The molecule has 138 valence electrons. The third kappa shape index (κ3) is 4.05. The molecule has 1 aliphatic carbocycles. The number of rotatable bonds is 4. The summed E-state index contributed by atoms with van der Waals surface area (Å²) in [6.45, 7) is 2.11. The number of fused-ring (bicyclic) bond motifs is 1. The first kappa shape index (κ1) is 19.2. The summed E-state index contributed by atoms with van der Waals surface area (Å²) in [5.41, 5.74) is 2.02. The Morgan fingerprint density at radius 1 is 1.31 bits per heavy atom. The van der Waals surface area contributed by atoms with Crippen molar-refractivity contribution in [2.75, 3.05) is 6.61 Å². The van der Waals surface area contributed by atoms with E-state index in [-0.39, 0.29) is 16.7 Å². The van der Waals surface area contributed by atoms with Gasteiger partial charge in [0.05, 0.1) is 17.2 Å². The molecule has 0 aliphatic heterocycles. The van der Waals surface area contributed by atoms with Gasteiger partial charge in [-0.25, -0.2) is 9.79 Å². The van der Waals surface area contributed by atoms with Gasteiger partial charge in [0.1, 0.15) is 10.8 Å². The SMILES string of the molecule is CCOC(=O)c1c(/N=C/c2cc(Cl)cc(Cl)c2O)sc2c1CCCCC2. The molecular formula is C19H19Cl2NO3S. The van der Waals surface area contributed by atoms with E-state index in [9.17, 15) is 9.90 Å². The van der Waals surface area contributed by atoms with Gasteiger partial charge in [0.15, 0.2) is 0 Å². The van der Waals surface area contributed by atoms with Gasteiger partial charge < -0.3 is 9.84 Å². The first-order chi connectivity index (χ1) is 12.5. The van der Waals surface area contributed by atoms with Crippen LogP contribution in [0.1, 0.15) is 52.5 Å². The minimum absolute atomic E-state index is 0.0874. The quantitative estimate of drug-likeness (QED) is 0.383. The van der Waals surface area contributed by atoms with Crippen LogP contribution < -0.4 is 0 Å². The lowest BCUT2D eigenvalue weighted by Crippen LogP contribution is -2.07. The van der Waals surface area contributed by atoms with Crippen molar-refractivity contribution in [1.82, 2.24) is 0 Å². The van der Waals surface area contributed by atoms with E-state index in [0.717, 1.165) is 37.7 Å². The Morgan fingerprint density at radius 3 is 2.85 bits per heavy atom. The van der Waals surface area contributed by atoms with Crippen molar-refractivity contribution in [2.24, 2.45) is 4.99 Å². The van der Waals surface area contributed by atoms with Gasteiger partial charge in [-0.15, -0.1) is 11.3 Å². The van der Waals surface area contributed by atoms with Gasteiger partial charge in [0.25, 0.3) is 0 Å². The monoisotopic (exact) mass is 411 g/mol. The molecule has 0 unspecified atom stereocenters. The molecule has 4 nitrogen and oxygen atoms in total. The maximum Gasteiger partial charge on any atom is 0.341 e. The van der Waals surface area contributed by atoms with Crippen molar-refractivity contribution >= 4 is 51.7 Å². The Hall–Kier alpha value is -1.56. The Bertz CT molecular complexity index is 861. The Balaban J connectivity index is 2.03. The van der Waals surface area contributed by atoms with Crippen molar-refractivity contribution < 1.29 is 14.6 Å². The normalized spacial score (nSPS) is 14.3. The number of aromatic hydroxyl groups is 1. The van der Waals surface area contributed by atoms with Crippen LogP contribution in [-0.4, -0.2) is 23.9 Å². The minimum Gasteiger partial charge on any atom is -0.506 e. The number of carbonyl (C=O) groups is 1. The average molecular weight is 412 g/mol. The maximum absolute atomic E-state index is 12.5. The number of carbonyl (C=O) groups excluding carboxylic acids is 1. The molecule has 26 heavy (non-hydrogen) atoms. The highest BCUT2D eigenvalue weighted by Crippen LogP contribution is 2.40. The van der Waals surface area contributed by atoms with Crippen LogP contribution in [0.2, 0.25) is 10.0 Å². The summed E-state index contributed by atoms with van der Waals surface area (Å²) in [5, 5.41) is 11.3. The van der Waals surface area contributed by atoms with Crippen LogP contribution in [0, 0.1) is 0 Å². The summed E-state index contributed by atoms with van der Waals surface area (Å²) >= 11 is 13.5. The van der Waals surface area contributed by atoms with E-state index in [4.69, 9.17) is 27.9 Å². The lowest BCUT2D eigenvalue weighted by Gasteiger charge is -2.05. The standard InChI is InChI=1S/C19H19Cl2NO3S/c1-2-25-19(24)16-13-6-4-3-5-7-15(13)26-18(16)22-10-11-8-12(20)9-14(21)17(11)23/h8-10,23H,2-7H2,1H3/b22-10+. The van der Waals surface area contributed by atoms with Crippen LogP contribution in [-0.2, 0) is 17.6 Å². The molecule has 0 atom stereocenters. The highest BCUT2D eigenvalue weighted by atomic mass is 35.5. The van der Waals surface area contributed by atoms with Crippen molar-refractivity contribution in [3.8, 4) is 5.75 Å². The molecule has 7 heteroatoms. The summed E-state index contributed by atoms with van der Waals surface area (Å²) < 4.78 is 5.25. The van der Waals surface area contributed by atoms with Crippen molar-refractivity contribution in [3.05, 3.63) is 43.7 Å². The number of thiophene rings is 1. The largest absolute Gasteiger partial charge is 0.506 e. The van der Waals surface area contributed by atoms with Gasteiger partial charge in [-0.2, -0.15) is 0 Å². The number of nitrogens with zero attached hydrogens (tertiary/aromatic N) is 1. The summed E-state index contributed by atoms with van der Waals surface area (Å²) in [6, 6.07) is 3.04. The second-order valence-corrected chi connectivity index (χ2v) is 7.98. The fraction of sp³-hybridized carbons (Fsp3) is 0.368. The molecule has 0 fully saturated rings. The number of phenols is 1. The first-order valence-corrected chi connectivity index (χ1v) is 10.1. The highest BCUT2D eigenvalue weighted by molar-refractivity contribution is 7.16. The summed E-state index contributed by atoms with van der Waals surface area (Å²) in [7, 11) is 0. The van der Waals surface area contributed by atoms with Gasteiger partial charge in [-0.3, -0.25) is 0 Å². The summed E-state index contributed by atoms with van der Waals surface area (Å²) in [5.74, 6) is -0.428. The molecule has 3 rings (SSSR count). The number of esters is 1. The van der Waals surface area contributed by atoms with Crippen LogP contribution in [0.4, 0.5) is 5.00 Å². The van der Waals surface area contributed by atoms with E-state index in [2.05, 4.69) is 4.99 Å². The van der Waals surface area contributed by atoms with Crippen LogP contribution >= 0.6 is 34.5 Å². The topological polar surface area (TPSA) is 58.9 Å². The molecule has 0 spiro atoms. The predicted molar refractivity (Wildman–Crippen MR) is 107 cm³/mol. The van der Waals surface area contributed by atoms with Crippen molar-refractivity contribution in [3.63, 3.8) is 0 Å². The van der Waals surface area contributed by atoms with E-state index < -0.39 is 0 Å². The van der Waals surface area contributed by atoms with Gasteiger partial charge in [-0.1, -0.05) is 29.6 Å². The van der Waals surface area contributed by atoms with Crippen LogP contribution in [0.5, 0.6) is 5.75 Å². The van der Waals surface area contributed by atoms with Crippen LogP contribution in [0.3, 0.4) is 0 Å². The number of hydrogen-bond acceptors (Lipinski definition) is 5. The number of hydrogen-bond donors (Lipinski definition) is 1. The molecule has 1 N–H and O–H groups in total. The number of ether oxygens (including phenoxy) is 1. The molecule has 0 bridgehead atoms. The zero-order valence-electron chi connectivity index (χ0n) is 14.3. The van der Waals surface area contributed by atoms with E-state index in [1.165, 1.54) is 28.5 Å². The molecule has 0 saturated heterocycles. The highest BCUT2D eigenvalue weighted by Gasteiger charge is 2.25. The fourth-order valence-corrected chi connectivity index (χ4v) is 4.78. The molecule has 1 aromatic carbocycles. The lowest BCUT2D eigenvalue weighted by molar-refractivity contribution is 0.0526. The molecule has 1 heterocycles. The Kier molecular flexibility index (Phi) is 6.22. The van der Waals surface area contributed by atoms with E-state index >= 15 is 0 Å². The fourth-order valence-electron chi connectivity index (χ4n) is 3.05. The molecule has 0 radical (unpaired) electrons. The van der Waals surface area contributed by atoms with Gasteiger partial charge in [0, 0.05) is 21.7 Å². The summed E-state index contributed by atoms with van der Waals surface area (Å²) in [6.07, 6.45) is 6.64. The van der Waals surface area contributed by atoms with Gasteiger partial charge in [-0.05, 0) is 50.3 Å². The minimum atomic E-state index is -0.340. The third-order valence-electron chi connectivity index (χ3n) is 4.26. The van der Waals surface area contributed by atoms with E-state index in [1.54, 1.807) is 13.0 Å². The number of benzene rings is 1. The number of halogens is 2. The van der Waals surface area contributed by atoms with Crippen LogP contribution in [0.25, 0.3) is 0 Å².